The molecule has 1 heterocycles. The summed E-state index contributed by atoms with van der Waals surface area (Å²) in [6.45, 7) is -1.67. The van der Waals surface area contributed by atoms with Crippen LogP contribution in [0.25, 0.3) is 0 Å². The fourth-order valence-electron chi connectivity index (χ4n) is 5.16. The van der Waals surface area contributed by atoms with Gasteiger partial charge in [0.25, 0.3) is 0 Å². The number of carboxylic acid groups (broad SMARTS) is 1. The summed E-state index contributed by atoms with van der Waals surface area (Å²) in [4.78, 5) is 24.8. The van der Waals surface area contributed by atoms with Crippen LogP contribution in [0.4, 0.5) is 36.8 Å². The van der Waals surface area contributed by atoms with Gasteiger partial charge < -0.3 is 20.5 Å². The predicted molar refractivity (Wildman–Crippen MR) is 150 cm³/mol. The maximum absolute atomic E-state index is 15.0. The number of benzene rings is 3. The molecule has 2 atom stereocenters. The molecule has 236 valence electrons. The summed E-state index contributed by atoms with van der Waals surface area (Å²) in [6.07, 6.45) is -7.60. The topological polar surface area (TPSA) is 90.9 Å². The van der Waals surface area contributed by atoms with Gasteiger partial charge >= 0.3 is 12.3 Å². The van der Waals surface area contributed by atoms with Gasteiger partial charge in [-0.15, -0.1) is 0 Å². The normalized spacial score (nSPS) is 17.0. The number of anilines is 1. The van der Waals surface area contributed by atoms with Crippen LogP contribution in [0.5, 0.6) is 0 Å². The SMILES string of the molecule is O=C(CC(c1ccc(F)cc1)c1ccc(F)cc1)Nc1cccc(F)c1CC[C@@H]1CNC[C@@H](CN(CC(F)(F)F)C(=O)O)O1. The maximum Gasteiger partial charge on any atom is 0.407 e. The Labute approximate surface area is 249 Å². The highest BCUT2D eigenvalue weighted by Crippen LogP contribution is 2.30. The quantitative estimate of drug-likeness (QED) is 0.225. The van der Waals surface area contributed by atoms with Crippen LogP contribution in [0.3, 0.4) is 0 Å². The van der Waals surface area contributed by atoms with Crippen molar-refractivity contribution in [3.63, 3.8) is 0 Å². The van der Waals surface area contributed by atoms with E-state index in [0.29, 0.717) is 17.7 Å². The van der Waals surface area contributed by atoms with E-state index in [1.54, 1.807) is 0 Å². The Kier molecular flexibility index (Phi) is 10.9. The van der Waals surface area contributed by atoms with Crippen molar-refractivity contribution >= 4 is 17.7 Å². The number of nitrogens with zero attached hydrogens (tertiary/aromatic N) is 1. The van der Waals surface area contributed by atoms with Gasteiger partial charge in [-0.1, -0.05) is 30.3 Å². The average molecular weight is 624 g/mol. The van der Waals surface area contributed by atoms with Crippen molar-refractivity contribution in [1.29, 1.82) is 0 Å². The number of amides is 2. The van der Waals surface area contributed by atoms with Gasteiger partial charge in [-0.25, -0.2) is 18.0 Å². The van der Waals surface area contributed by atoms with E-state index in [9.17, 15) is 35.9 Å². The minimum absolute atomic E-state index is 0.103. The average Bonchev–Trinajstić information content (AvgIpc) is 2.96. The van der Waals surface area contributed by atoms with Crippen LogP contribution in [-0.4, -0.2) is 66.6 Å². The summed E-state index contributed by atoms with van der Waals surface area (Å²) < 4.78 is 86.3. The smallest absolute Gasteiger partial charge is 0.407 e. The first-order chi connectivity index (χ1) is 20.9. The third-order valence-electron chi connectivity index (χ3n) is 7.24. The van der Waals surface area contributed by atoms with Crippen molar-refractivity contribution in [3.05, 3.63) is 101 Å². The second kappa shape index (κ2) is 14.6. The molecule has 3 aromatic carbocycles. The second-order valence-corrected chi connectivity index (χ2v) is 10.5. The highest BCUT2D eigenvalue weighted by atomic mass is 19.4. The fraction of sp³-hybridized carbons (Fsp3) is 0.355. The molecule has 13 heteroatoms. The van der Waals surface area contributed by atoms with Crippen LogP contribution in [0.15, 0.2) is 66.7 Å². The number of nitrogens with one attached hydrogen (secondary N) is 2. The van der Waals surface area contributed by atoms with Gasteiger partial charge in [0.05, 0.1) is 18.8 Å². The van der Waals surface area contributed by atoms with E-state index in [1.807, 2.05) is 0 Å². The van der Waals surface area contributed by atoms with Crippen molar-refractivity contribution < 1.29 is 45.8 Å². The number of ether oxygens (including phenoxy) is 1. The largest absolute Gasteiger partial charge is 0.465 e. The van der Waals surface area contributed by atoms with Crippen molar-refractivity contribution in [1.82, 2.24) is 10.2 Å². The number of hydrogen-bond donors (Lipinski definition) is 3. The summed E-state index contributed by atoms with van der Waals surface area (Å²) in [6, 6.07) is 15.4. The molecule has 0 radical (unpaired) electrons. The van der Waals surface area contributed by atoms with E-state index >= 15 is 0 Å². The molecule has 0 bridgehead atoms. The zero-order valence-electron chi connectivity index (χ0n) is 23.4. The number of hydrogen-bond acceptors (Lipinski definition) is 4. The highest BCUT2D eigenvalue weighted by Gasteiger charge is 2.35. The van der Waals surface area contributed by atoms with Gasteiger partial charge in [0, 0.05) is 36.7 Å². The molecule has 1 aliphatic heterocycles. The molecule has 0 spiro atoms. The van der Waals surface area contributed by atoms with E-state index in [4.69, 9.17) is 9.84 Å². The third-order valence-corrected chi connectivity index (χ3v) is 7.24. The molecule has 4 rings (SSSR count). The van der Waals surface area contributed by atoms with Gasteiger partial charge in [0.15, 0.2) is 0 Å². The molecular weight excluding hydrogens is 592 g/mol. The molecule has 2 amide bonds. The van der Waals surface area contributed by atoms with Crippen LogP contribution in [0.2, 0.25) is 0 Å². The van der Waals surface area contributed by atoms with Crippen LogP contribution in [0.1, 0.15) is 35.4 Å². The summed E-state index contributed by atoms with van der Waals surface area (Å²) in [5.41, 5.74) is 1.66. The monoisotopic (exact) mass is 623 g/mol. The van der Waals surface area contributed by atoms with Crippen LogP contribution < -0.4 is 10.6 Å². The molecule has 0 aliphatic carbocycles. The lowest BCUT2D eigenvalue weighted by Gasteiger charge is -2.34. The molecular formula is C31H31F6N3O4. The van der Waals surface area contributed by atoms with Gasteiger partial charge in [0.1, 0.15) is 24.0 Å². The van der Waals surface area contributed by atoms with Gasteiger partial charge in [-0.3, -0.25) is 9.69 Å². The standard InChI is InChI=1S/C31H31F6N3O4/c32-21-8-4-19(5-9-21)26(20-6-10-22(33)11-7-20)14-29(41)39-28-3-1-2-27(34)25(28)13-12-23-15-38-16-24(44-23)17-40(30(42)43)18-31(35,36)37/h1-11,23-24,26,38H,12-18H2,(H,39,41)(H,42,43)/t23-,24+/m1/s1. The lowest BCUT2D eigenvalue weighted by molar-refractivity contribution is -0.147. The third kappa shape index (κ3) is 9.45. The van der Waals surface area contributed by atoms with Crippen LogP contribution >= 0.6 is 0 Å². The van der Waals surface area contributed by atoms with Crippen LogP contribution in [0, 0.1) is 17.5 Å². The summed E-state index contributed by atoms with van der Waals surface area (Å²) in [7, 11) is 0. The van der Waals surface area contributed by atoms with Crippen molar-refractivity contribution in [2.45, 2.75) is 43.6 Å². The van der Waals surface area contributed by atoms with E-state index in [2.05, 4.69) is 10.6 Å². The molecule has 0 aromatic heterocycles. The predicted octanol–water partition coefficient (Wildman–Crippen LogP) is 6.10. The molecule has 0 saturated carbocycles. The van der Waals surface area contributed by atoms with Crippen LogP contribution in [-0.2, 0) is 16.0 Å². The summed E-state index contributed by atoms with van der Waals surface area (Å²) in [5, 5.41) is 14.9. The van der Waals surface area contributed by atoms with E-state index < -0.39 is 66.8 Å². The zero-order valence-corrected chi connectivity index (χ0v) is 23.4. The zero-order chi connectivity index (χ0) is 31.9. The number of carbonyl (C=O) groups excluding carboxylic acids is 1. The molecule has 7 nitrogen and oxygen atoms in total. The lowest BCUT2D eigenvalue weighted by atomic mass is 9.88. The Balaban J connectivity index is 1.42. The fourth-order valence-corrected chi connectivity index (χ4v) is 5.16. The Bertz CT molecular complexity index is 1370. The van der Waals surface area contributed by atoms with E-state index in [-0.39, 0.29) is 42.0 Å². The molecule has 1 saturated heterocycles. The molecule has 3 aromatic rings. The summed E-state index contributed by atoms with van der Waals surface area (Å²) >= 11 is 0. The molecule has 44 heavy (non-hydrogen) atoms. The summed E-state index contributed by atoms with van der Waals surface area (Å²) in [5.74, 6) is -2.51. The molecule has 3 N–H and O–H groups in total. The minimum atomic E-state index is -4.70. The number of morpholine rings is 1. The molecule has 0 unspecified atom stereocenters. The van der Waals surface area contributed by atoms with Crippen molar-refractivity contribution in [2.24, 2.45) is 0 Å². The number of alkyl halides is 3. The van der Waals surface area contributed by atoms with E-state index in [0.717, 1.165) is 0 Å². The first-order valence-electron chi connectivity index (χ1n) is 13.9. The highest BCUT2D eigenvalue weighted by molar-refractivity contribution is 5.92. The van der Waals surface area contributed by atoms with Crippen molar-refractivity contribution in [3.8, 4) is 0 Å². The number of carbonyl (C=O) groups is 2. The van der Waals surface area contributed by atoms with Gasteiger partial charge in [-0.2, -0.15) is 13.2 Å². The van der Waals surface area contributed by atoms with Gasteiger partial charge in [-0.05, 0) is 60.4 Å². The van der Waals surface area contributed by atoms with Gasteiger partial charge in [0.2, 0.25) is 5.91 Å². The Morgan fingerprint density at radius 3 is 2.09 bits per heavy atom. The van der Waals surface area contributed by atoms with Crippen molar-refractivity contribution in [2.75, 3.05) is 31.5 Å². The lowest BCUT2D eigenvalue weighted by Crippen LogP contribution is -2.51. The number of halogens is 6. The maximum atomic E-state index is 15.0. The first kappa shape index (κ1) is 32.8. The molecule has 1 aliphatic rings. The Hall–Kier alpha value is -4.10. The van der Waals surface area contributed by atoms with E-state index in [1.165, 1.54) is 66.7 Å². The Morgan fingerprint density at radius 2 is 1.52 bits per heavy atom. The second-order valence-electron chi connectivity index (χ2n) is 10.5. The Morgan fingerprint density at radius 1 is 0.932 bits per heavy atom. The first-order valence-corrected chi connectivity index (χ1v) is 13.9. The minimum Gasteiger partial charge on any atom is -0.465 e. The number of rotatable bonds is 11. The molecule has 1 fully saturated rings.